The van der Waals surface area contributed by atoms with E-state index in [0.717, 1.165) is 22.4 Å². The summed E-state index contributed by atoms with van der Waals surface area (Å²) in [4.78, 5) is 34.6. The smallest absolute Gasteiger partial charge is 0.408 e. The lowest BCUT2D eigenvalue weighted by Crippen LogP contribution is -2.39. The molecule has 0 fully saturated rings. The van der Waals surface area contributed by atoms with Crippen LogP contribution >= 0.6 is 0 Å². The first-order chi connectivity index (χ1) is 13.6. The van der Waals surface area contributed by atoms with Gasteiger partial charge >= 0.3 is 6.09 Å². The maximum absolute atomic E-state index is 12.0. The van der Waals surface area contributed by atoms with E-state index in [9.17, 15) is 14.4 Å². The van der Waals surface area contributed by atoms with Crippen LogP contribution in [0.15, 0.2) is 48.5 Å². The molecule has 0 spiro atoms. The molecule has 29 heavy (non-hydrogen) atoms. The van der Waals surface area contributed by atoms with Crippen LogP contribution in [0.3, 0.4) is 0 Å². The molecule has 3 N–H and O–H groups in total. The van der Waals surface area contributed by atoms with Crippen LogP contribution in [-0.2, 0) is 20.9 Å². The summed E-state index contributed by atoms with van der Waals surface area (Å²) in [6, 6.07) is 15.3. The molecule has 2 rings (SSSR count). The van der Waals surface area contributed by atoms with E-state index in [1.54, 1.807) is 20.8 Å². The number of hydrogen-bond donors (Lipinski definition) is 3. The molecule has 0 saturated heterocycles. The SMILES string of the molecule is CC(=O)Nc1ccc(-c2cccc(CNC(=O)CNC(=O)OC(C)(C)C)c2)cc1. The summed E-state index contributed by atoms with van der Waals surface area (Å²) < 4.78 is 5.09. The van der Waals surface area contributed by atoms with Crippen LogP contribution in [0.1, 0.15) is 33.3 Å². The second-order valence-corrected chi connectivity index (χ2v) is 7.59. The average molecular weight is 397 g/mol. The minimum atomic E-state index is -0.627. The fourth-order valence-corrected chi connectivity index (χ4v) is 2.54. The molecule has 2 aromatic rings. The van der Waals surface area contributed by atoms with Crippen molar-refractivity contribution in [3.05, 3.63) is 54.1 Å². The molecule has 154 valence electrons. The van der Waals surface area contributed by atoms with Crippen LogP contribution < -0.4 is 16.0 Å². The van der Waals surface area contributed by atoms with Crippen LogP contribution in [0.4, 0.5) is 10.5 Å². The molecule has 0 aliphatic rings. The third kappa shape index (κ3) is 8.04. The van der Waals surface area contributed by atoms with Gasteiger partial charge in [0.1, 0.15) is 12.1 Å². The van der Waals surface area contributed by atoms with Crippen LogP contribution in [0.25, 0.3) is 11.1 Å². The highest BCUT2D eigenvalue weighted by Gasteiger charge is 2.16. The topological polar surface area (TPSA) is 96.5 Å². The summed E-state index contributed by atoms with van der Waals surface area (Å²) in [5.74, 6) is -0.419. The standard InChI is InChI=1S/C22H27N3O4/c1-15(26)25-19-10-8-17(9-11-19)18-7-5-6-16(12-18)13-23-20(27)14-24-21(28)29-22(2,3)4/h5-12H,13-14H2,1-4H3,(H,23,27)(H,24,28)(H,25,26). The number of benzene rings is 2. The second kappa shape index (κ2) is 9.73. The molecule has 7 heteroatoms. The summed E-state index contributed by atoms with van der Waals surface area (Å²) in [5, 5.41) is 7.93. The van der Waals surface area contributed by atoms with Crippen molar-refractivity contribution >= 4 is 23.6 Å². The third-order valence-corrected chi connectivity index (χ3v) is 3.75. The maximum atomic E-state index is 12.0. The molecule has 0 heterocycles. The highest BCUT2D eigenvalue weighted by Crippen LogP contribution is 2.22. The summed E-state index contributed by atoms with van der Waals surface area (Å²) >= 11 is 0. The first-order valence-corrected chi connectivity index (χ1v) is 9.33. The molecule has 7 nitrogen and oxygen atoms in total. The first-order valence-electron chi connectivity index (χ1n) is 9.33. The monoisotopic (exact) mass is 397 g/mol. The van der Waals surface area contributed by atoms with Crippen molar-refractivity contribution in [2.24, 2.45) is 0 Å². The van der Waals surface area contributed by atoms with Gasteiger partial charge in [-0.15, -0.1) is 0 Å². The van der Waals surface area contributed by atoms with Crippen molar-refractivity contribution in [3.8, 4) is 11.1 Å². The van der Waals surface area contributed by atoms with E-state index in [1.165, 1.54) is 6.92 Å². The first kappa shape index (κ1) is 21.9. The van der Waals surface area contributed by atoms with Crippen LogP contribution in [0, 0.1) is 0 Å². The van der Waals surface area contributed by atoms with Gasteiger partial charge in [-0.05, 0) is 55.7 Å². The Morgan fingerprint density at radius 2 is 1.62 bits per heavy atom. The zero-order valence-electron chi connectivity index (χ0n) is 17.2. The summed E-state index contributed by atoms with van der Waals surface area (Å²) in [6.07, 6.45) is -0.627. The normalized spacial score (nSPS) is 10.8. The number of rotatable bonds is 6. The number of hydrogen-bond acceptors (Lipinski definition) is 4. The Morgan fingerprint density at radius 3 is 2.24 bits per heavy atom. The van der Waals surface area contributed by atoms with Gasteiger partial charge in [0, 0.05) is 19.2 Å². The Labute approximate surface area is 170 Å². The number of alkyl carbamates (subject to hydrolysis) is 1. The predicted octanol–water partition coefficient (Wildman–Crippen LogP) is 3.45. The van der Waals surface area contributed by atoms with Crippen LogP contribution in [0.2, 0.25) is 0 Å². The highest BCUT2D eigenvalue weighted by atomic mass is 16.6. The van der Waals surface area contributed by atoms with Gasteiger partial charge in [0.2, 0.25) is 11.8 Å². The average Bonchev–Trinajstić information content (AvgIpc) is 2.64. The highest BCUT2D eigenvalue weighted by molar-refractivity contribution is 5.89. The molecule has 0 radical (unpaired) electrons. The summed E-state index contributed by atoms with van der Waals surface area (Å²) in [7, 11) is 0. The van der Waals surface area contributed by atoms with Crippen molar-refractivity contribution in [1.29, 1.82) is 0 Å². The number of anilines is 1. The van der Waals surface area contributed by atoms with E-state index in [2.05, 4.69) is 16.0 Å². The number of ether oxygens (including phenoxy) is 1. The summed E-state index contributed by atoms with van der Waals surface area (Å²) in [5.41, 5.74) is 3.06. The van der Waals surface area contributed by atoms with Gasteiger partial charge in [0.05, 0.1) is 0 Å². The van der Waals surface area contributed by atoms with Crippen LogP contribution in [0.5, 0.6) is 0 Å². The van der Waals surface area contributed by atoms with E-state index in [-0.39, 0.29) is 18.4 Å². The number of nitrogens with one attached hydrogen (secondary N) is 3. The fraction of sp³-hybridized carbons (Fsp3) is 0.318. The lowest BCUT2D eigenvalue weighted by molar-refractivity contribution is -0.120. The molecule has 0 atom stereocenters. The molecular formula is C22H27N3O4. The Kier molecular flexibility index (Phi) is 7.36. The predicted molar refractivity (Wildman–Crippen MR) is 112 cm³/mol. The maximum Gasteiger partial charge on any atom is 0.408 e. The van der Waals surface area contributed by atoms with E-state index in [0.29, 0.717) is 6.54 Å². The molecule has 2 aromatic carbocycles. The molecule has 0 bridgehead atoms. The van der Waals surface area contributed by atoms with Crippen LogP contribution in [-0.4, -0.2) is 30.1 Å². The molecule has 0 saturated carbocycles. The zero-order valence-corrected chi connectivity index (χ0v) is 17.2. The minimum absolute atomic E-state index is 0.114. The number of amides is 3. The van der Waals surface area contributed by atoms with E-state index < -0.39 is 11.7 Å². The fourth-order valence-electron chi connectivity index (χ4n) is 2.54. The van der Waals surface area contributed by atoms with Crippen molar-refractivity contribution in [2.45, 2.75) is 39.8 Å². The van der Waals surface area contributed by atoms with Gasteiger partial charge in [-0.1, -0.05) is 30.3 Å². The van der Waals surface area contributed by atoms with Crippen molar-refractivity contribution in [2.75, 3.05) is 11.9 Å². The summed E-state index contributed by atoms with van der Waals surface area (Å²) in [6.45, 7) is 6.92. The third-order valence-electron chi connectivity index (χ3n) is 3.75. The molecule has 0 unspecified atom stereocenters. The van der Waals surface area contributed by atoms with E-state index in [1.807, 2.05) is 48.5 Å². The number of carbonyl (C=O) groups is 3. The van der Waals surface area contributed by atoms with Gasteiger partial charge in [-0.2, -0.15) is 0 Å². The van der Waals surface area contributed by atoms with Gasteiger partial charge in [0.15, 0.2) is 0 Å². The second-order valence-electron chi connectivity index (χ2n) is 7.59. The van der Waals surface area contributed by atoms with Crippen molar-refractivity contribution < 1.29 is 19.1 Å². The molecular weight excluding hydrogens is 370 g/mol. The van der Waals surface area contributed by atoms with Gasteiger partial charge in [-0.25, -0.2) is 4.79 Å². The van der Waals surface area contributed by atoms with Crippen molar-refractivity contribution in [1.82, 2.24) is 10.6 Å². The Balaban J connectivity index is 1.89. The number of carbonyl (C=O) groups excluding carboxylic acids is 3. The van der Waals surface area contributed by atoms with E-state index in [4.69, 9.17) is 4.74 Å². The molecule has 3 amide bonds. The Morgan fingerprint density at radius 1 is 0.931 bits per heavy atom. The van der Waals surface area contributed by atoms with Gasteiger partial charge < -0.3 is 20.7 Å². The van der Waals surface area contributed by atoms with Gasteiger partial charge in [-0.3, -0.25) is 9.59 Å². The van der Waals surface area contributed by atoms with E-state index >= 15 is 0 Å². The lowest BCUT2D eigenvalue weighted by atomic mass is 10.0. The quantitative estimate of drug-likeness (QED) is 0.695. The Bertz CT molecular complexity index is 870. The van der Waals surface area contributed by atoms with Gasteiger partial charge in [0.25, 0.3) is 0 Å². The minimum Gasteiger partial charge on any atom is -0.444 e. The molecule has 0 aromatic heterocycles. The molecule has 0 aliphatic carbocycles. The lowest BCUT2D eigenvalue weighted by Gasteiger charge is -2.19. The zero-order chi connectivity index (χ0) is 21.4. The van der Waals surface area contributed by atoms with Crippen molar-refractivity contribution in [3.63, 3.8) is 0 Å². The Hall–Kier alpha value is -3.35. The largest absolute Gasteiger partial charge is 0.444 e. The molecule has 0 aliphatic heterocycles.